The predicted octanol–water partition coefficient (Wildman–Crippen LogP) is 2.96. The summed E-state index contributed by atoms with van der Waals surface area (Å²) in [6, 6.07) is 9.49. The molecule has 22 heavy (non-hydrogen) atoms. The number of hydrogen-bond donors (Lipinski definition) is 1. The molecule has 0 aliphatic heterocycles. The molecule has 0 saturated heterocycles. The van der Waals surface area contributed by atoms with Crippen LogP contribution in [0.3, 0.4) is 0 Å². The number of aromatic nitrogens is 2. The monoisotopic (exact) mass is 301 g/mol. The van der Waals surface area contributed by atoms with Crippen molar-refractivity contribution in [1.29, 1.82) is 0 Å². The minimum atomic E-state index is -0.0933. The molecule has 5 heteroatoms. The minimum Gasteiger partial charge on any atom is -0.496 e. The van der Waals surface area contributed by atoms with Crippen LogP contribution in [0.1, 0.15) is 31.3 Å². The van der Waals surface area contributed by atoms with Gasteiger partial charge in [-0.2, -0.15) is 5.10 Å². The van der Waals surface area contributed by atoms with E-state index in [0.29, 0.717) is 24.7 Å². The molecule has 2 rings (SSSR count). The van der Waals surface area contributed by atoms with E-state index in [9.17, 15) is 4.79 Å². The van der Waals surface area contributed by atoms with E-state index in [0.717, 1.165) is 17.0 Å². The molecule has 5 nitrogen and oxygen atoms in total. The normalized spacial score (nSPS) is 10.8. The van der Waals surface area contributed by atoms with Crippen LogP contribution in [0.5, 0.6) is 5.75 Å². The number of rotatable bonds is 6. The number of benzene rings is 1. The van der Waals surface area contributed by atoms with Gasteiger partial charge in [-0.15, -0.1) is 0 Å². The van der Waals surface area contributed by atoms with Crippen molar-refractivity contribution in [3.05, 3.63) is 36.0 Å². The van der Waals surface area contributed by atoms with E-state index in [4.69, 9.17) is 4.74 Å². The highest BCUT2D eigenvalue weighted by Crippen LogP contribution is 2.29. The highest BCUT2D eigenvalue weighted by Gasteiger charge is 2.17. The summed E-state index contributed by atoms with van der Waals surface area (Å²) in [5, 5.41) is 7.47. The van der Waals surface area contributed by atoms with Crippen LogP contribution in [0.15, 0.2) is 30.3 Å². The number of ether oxygens (including phenoxy) is 1. The molecule has 1 N–H and O–H groups in total. The van der Waals surface area contributed by atoms with Crippen LogP contribution >= 0.6 is 0 Å². The quantitative estimate of drug-likeness (QED) is 0.892. The Morgan fingerprint density at radius 3 is 2.73 bits per heavy atom. The lowest BCUT2D eigenvalue weighted by atomic mass is 10.1. The van der Waals surface area contributed by atoms with Gasteiger partial charge in [0.25, 0.3) is 5.91 Å². The Morgan fingerprint density at radius 1 is 1.36 bits per heavy atom. The third-order valence-electron chi connectivity index (χ3n) is 3.37. The lowest BCUT2D eigenvalue weighted by Crippen LogP contribution is -2.29. The van der Waals surface area contributed by atoms with E-state index in [1.807, 2.05) is 37.3 Å². The fourth-order valence-electron chi connectivity index (χ4n) is 2.22. The summed E-state index contributed by atoms with van der Waals surface area (Å²) in [7, 11) is 1.63. The summed E-state index contributed by atoms with van der Waals surface area (Å²) in [6.07, 6.45) is 0. The highest BCUT2D eigenvalue weighted by atomic mass is 16.5. The van der Waals surface area contributed by atoms with Gasteiger partial charge in [0.2, 0.25) is 0 Å². The molecule has 0 aliphatic rings. The van der Waals surface area contributed by atoms with Crippen LogP contribution in [0.25, 0.3) is 11.3 Å². The van der Waals surface area contributed by atoms with E-state index in [2.05, 4.69) is 24.3 Å². The molecule has 0 radical (unpaired) electrons. The molecule has 1 aromatic heterocycles. The topological polar surface area (TPSA) is 56.2 Å². The largest absolute Gasteiger partial charge is 0.496 e. The summed E-state index contributed by atoms with van der Waals surface area (Å²) in [5.74, 6) is 1.07. The highest BCUT2D eigenvalue weighted by molar-refractivity contribution is 5.93. The molecular weight excluding hydrogens is 278 g/mol. The Balaban J connectivity index is 2.34. The molecule has 0 saturated carbocycles. The number of carbonyl (C=O) groups is 1. The number of methoxy groups -OCH3 is 1. The summed E-state index contributed by atoms with van der Waals surface area (Å²) in [4.78, 5) is 12.3. The van der Waals surface area contributed by atoms with Gasteiger partial charge in [-0.05, 0) is 31.0 Å². The molecule has 1 amide bonds. The molecule has 1 heterocycles. The molecule has 118 valence electrons. The van der Waals surface area contributed by atoms with Crippen molar-refractivity contribution in [2.75, 3.05) is 13.7 Å². The van der Waals surface area contributed by atoms with Gasteiger partial charge in [0.15, 0.2) is 0 Å². The standard InChI is InChI=1S/C17H23N3O2/c1-5-20-15(17(21)18-11-12(2)3)10-14(19-20)13-8-6-7-9-16(13)22-4/h6-10,12H,5,11H2,1-4H3,(H,18,21). The van der Waals surface area contributed by atoms with Gasteiger partial charge in [-0.3, -0.25) is 9.48 Å². The second-order valence-corrected chi connectivity index (χ2v) is 5.53. The SMILES string of the molecule is CCn1nc(-c2ccccc2OC)cc1C(=O)NCC(C)C. The Labute approximate surface area is 131 Å². The molecule has 0 fully saturated rings. The van der Waals surface area contributed by atoms with Crippen LogP contribution in [0.2, 0.25) is 0 Å². The number of aryl methyl sites for hydroxylation is 1. The van der Waals surface area contributed by atoms with E-state index < -0.39 is 0 Å². The number of nitrogens with zero attached hydrogens (tertiary/aromatic N) is 2. The number of para-hydroxylation sites is 1. The molecule has 0 spiro atoms. The summed E-state index contributed by atoms with van der Waals surface area (Å²) in [5.41, 5.74) is 2.20. The van der Waals surface area contributed by atoms with Crippen molar-refractivity contribution in [3.63, 3.8) is 0 Å². The first-order chi connectivity index (χ1) is 10.6. The maximum Gasteiger partial charge on any atom is 0.269 e. The molecule has 0 aliphatic carbocycles. The molecular formula is C17H23N3O2. The maximum absolute atomic E-state index is 12.3. The van der Waals surface area contributed by atoms with E-state index in [-0.39, 0.29) is 5.91 Å². The van der Waals surface area contributed by atoms with Crippen molar-refractivity contribution < 1.29 is 9.53 Å². The second kappa shape index (κ2) is 7.11. The number of hydrogen-bond acceptors (Lipinski definition) is 3. The summed E-state index contributed by atoms with van der Waals surface area (Å²) >= 11 is 0. The molecule has 1 aromatic carbocycles. The average Bonchev–Trinajstić information content (AvgIpc) is 2.96. The van der Waals surface area contributed by atoms with E-state index >= 15 is 0 Å². The Kier molecular flexibility index (Phi) is 5.20. The van der Waals surface area contributed by atoms with Crippen molar-refractivity contribution >= 4 is 5.91 Å². The van der Waals surface area contributed by atoms with Crippen LogP contribution in [0.4, 0.5) is 0 Å². The molecule has 0 unspecified atom stereocenters. The lowest BCUT2D eigenvalue weighted by Gasteiger charge is -2.08. The first-order valence-electron chi connectivity index (χ1n) is 7.56. The fourth-order valence-corrected chi connectivity index (χ4v) is 2.22. The zero-order valence-electron chi connectivity index (χ0n) is 13.6. The van der Waals surface area contributed by atoms with Gasteiger partial charge in [-0.1, -0.05) is 26.0 Å². The molecule has 2 aromatic rings. The van der Waals surface area contributed by atoms with Gasteiger partial charge in [-0.25, -0.2) is 0 Å². The van der Waals surface area contributed by atoms with Crippen LogP contribution in [0, 0.1) is 5.92 Å². The Hall–Kier alpha value is -2.30. The first kappa shape index (κ1) is 16.1. The average molecular weight is 301 g/mol. The number of carbonyl (C=O) groups excluding carboxylic acids is 1. The van der Waals surface area contributed by atoms with Gasteiger partial charge in [0.1, 0.15) is 11.4 Å². The zero-order chi connectivity index (χ0) is 16.1. The summed E-state index contributed by atoms with van der Waals surface area (Å²) < 4.78 is 7.09. The van der Waals surface area contributed by atoms with Gasteiger partial charge >= 0.3 is 0 Å². The Bertz CT molecular complexity index is 647. The molecule has 0 bridgehead atoms. The summed E-state index contributed by atoms with van der Waals surface area (Å²) in [6.45, 7) is 7.39. The smallest absolute Gasteiger partial charge is 0.269 e. The minimum absolute atomic E-state index is 0.0933. The maximum atomic E-state index is 12.3. The first-order valence-corrected chi connectivity index (χ1v) is 7.56. The van der Waals surface area contributed by atoms with E-state index in [1.54, 1.807) is 11.8 Å². The van der Waals surface area contributed by atoms with Gasteiger partial charge in [0.05, 0.1) is 12.8 Å². The zero-order valence-corrected chi connectivity index (χ0v) is 13.6. The van der Waals surface area contributed by atoms with Crippen molar-refractivity contribution in [3.8, 4) is 17.0 Å². The lowest BCUT2D eigenvalue weighted by molar-refractivity contribution is 0.0938. The Morgan fingerprint density at radius 2 is 2.09 bits per heavy atom. The van der Waals surface area contributed by atoms with Crippen LogP contribution in [-0.2, 0) is 6.54 Å². The van der Waals surface area contributed by atoms with Gasteiger partial charge < -0.3 is 10.1 Å². The third-order valence-corrected chi connectivity index (χ3v) is 3.37. The third kappa shape index (κ3) is 3.47. The predicted molar refractivity (Wildman–Crippen MR) is 87.1 cm³/mol. The fraction of sp³-hybridized carbons (Fsp3) is 0.412. The number of amides is 1. The van der Waals surface area contributed by atoms with Crippen molar-refractivity contribution in [2.45, 2.75) is 27.3 Å². The molecule has 0 atom stereocenters. The number of nitrogens with one attached hydrogen (secondary N) is 1. The van der Waals surface area contributed by atoms with Crippen molar-refractivity contribution in [1.82, 2.24) is 15.1 Å². The van der Waals surface area contributed by atoms with Crippen LogP contribution < -0.4 is 10.1 Å². The van der Waals surface area contributed by atoms with Gasteiger partial charge in [0, 0.05) is 18.7 Å². The van der Waals surface area contributed by atoms with Crippen molar-refractivity contribution in [2.24, 2.45) is 5.92 Å². The second-order valence-electron chi connectivity index (χ2n) is 5.53. The van der Waals surface area contributed by atoms with E-state index in [1.165, 1.54) is 0 Å². The van der Waals surface area contributed by atoms with Crippen LogP contribution in [-0.4, -0.2) is 29.3 Å².